The number of nitrogens with zero attached hydrogens (tertiary/aromatic N) is 1. The first kappa shape index (κ1) is 19.7. The van der Waals surface area contributed by atoms with Crippen molar-refractivity contribution >= 4 is 17.7 Å². The first-order valence-electron chi connectivity index (χ1n) is 8.91. The van der Waals surface area contributed by atoms with Gasteiger partial charge in [0.2, 0.25) is 0 Å². The van der Waals surface area contributed by atoms with Crippen molar-refractivity contribution in [2.75, 3.05) is 5.32 Å². The van der Waals surface area contributed by atoms with Crippen LogP contribution in [0.25, 0.3) is 22.3 Å². The first-order valence-corrected chi connectivity index (χ1v) is 8.91. The summed E-state index contributed by atoms with van der Waals surface area (Å²) in [5.41, 5.74) is 6.60. The minimum absolute atomic E-state index is 0. The van der Waals surface area contributed by atoms with Crippen molar-refractivity contribution in [3.05, 3.63) is 109 Å². The Kier molecular flexibility index (Phi) is 6.87. The van der Waals surface area contributed by atoms with E-state index in [-0.39, 0.29) is 18.9 Å². The molecule has 0 aliphatic heterocycles. The molecule has 4 aromatic rings. The van der Waals surface area contributed by atoms with Gasteiger partial charge in [0.15, 0.2) is 0 Å². The minimum atomic E-state index is 0. The van der Waals surface area contributed by atoms with Gasteiger partial charge in [-0.2, -0.15) is 0 Å². The molecule has 0 aliphatic rings. The Morgan fingerprint density at radius 3 is 1.43 bits per heavy atom. The van der Waals surface area contributed by atoms with E-state index in [0.29, 0.717) is 0 Å². The van der Waals surface area contributed by atoms with Crippen molar-refractivity contribution in [2.45, 2.75) is 0 Å². The zero-order valence-corrected chi connectivity index (χ0v) is 15.8. The number of hydrogen-bond acceptors (Lipinski definition) is 1. The van der Waals surface area contributed by atoms with E-state index in [4.69, 9.17) is 0 Å². The average Bonchev–Trinajstić information content (AvgIpc) is 2.76. The summed E-state index contributed by atoms with van der Waals surface area (Å²) < 4.78 is 0. The molecule has 0 atom stereocenters. The Morgan fingerprint density at radius 2 is 0.929 bits per heavy atom. The molecule has 0 saturated heterocycles. The fraction of sp³-hybridized carbons (Fsp3) is 0. The average molecular weight is 354 g/mol. The molecule has 0 fully saturated rings. The molecule has 130 valence electrons. The van der Waals surface area contributed by atoms with E-state index in [9.17, 15) is 0 Å². The molecule has 28 heavy (non-hydrogen) atoms. The summed E-state index contributed by atoms with van der Waals surface area (Å²) in [6, 6.07) is 37.0. The second kappa shape index (κ2) is 9.76. The summed E-state index contributed by atoms with van der Waals surface area (Å²) in [5.74, 6) is 0. The van der Waals surface area contributed by atoms with E-state index < -0.39 is 0 Å². The normalized spacial score (nSPS) is 10.4. The van der Waals surface area contributed by atoms with Gasteiger partial charge in [-0.15, -0.1) is 0 Å². The number of anilines is 1. The molecule has 4 rings (SSSR count). The monoisotopic (exact) mass is 354 g/mol. The molecule has 0 amide bonds. The van der Waals surface area contributed by atoms with Gasteiger partial charge < -0.3 is 10.3 Å². The molecule has 4 aromatic carbocycles. The Bertz CT molecular complexity index is 1010. The summed E-state index contributed by atoms with van der Waals surface area (Å²) in [5, 5.41) is 3.10. The van der Waals surface area contributed by atoms with Crippen LogP contribution in [0.15, 0.2) is 114 Å². The van der Waals surface area contributed by atoms with Crippen LogP contribution in [0.5, 0.6) is 0 Å². The molecule has 0 radical (unpaired) electrons. The smallest absolute Gasteiger partial charge is 0.452 e. The van der Waals surface area contributed by atoms with Crippen molar-refractivity contribution in [2.24, 2.45) is 4.99 Å². The largest absolute Gasteiger partial charge is 1.00 e. The van der Waals surface area contributed by atoms with E-state index in [0.717, 1.165) is 11.4 Å². The first-order chi connectivity index (χ1) is 13.4. The van der Waals surface area contributed by atoms with Crippen LogP contribution in [0.4, 0.5) is 11.4 Å². The van der Waals surface area contributed by atoms with Crippen molar-refractivity contribution in [3.63, 3.8) is 0 Å². The molecule has 0 saturated carbocycles. The van der Waals surface area contributed by atoms with E-state index >= 15 is 0 Å². The van der Waals surface area contributed by atoms with Gasteiger partial charge in [0.25, 0.3) is 0 Å². The van der Waals surface area contributed by atoms with Gasteiger partial charge in [0.05, 0.1) is 0 Å². The van der Waals surface area contributed by atoms with Gasteiger partial charge in [-0.25, -0.2) is 0 Å². The zero-order valence-electron chi connectivity index (χ0n) is 15.8. The quantitative estimate of drug-likeness (QED) is 0.191. The molecule has 0 heterocycles. The topological polar surface area (TPSA) is 24.4 Å². The fourth-order valence-corrected chi connectivity index (χ4v) is 2.89. The summed E-state index contributed by atoms with van der Waals surface area (Å²) >= 11 is 0. The maximum atomic E-state index is 4.36. The van der Waals surface area contributed by atoms with Crippen LogP contribution in [0.2, 0.25) is 0 Å². The summed E-state index contributed by atoms with van der Waals surface area (Å²) in [6.07, 6.45) is 2.91. The van der Waals surface area contributed by atoms with Gasteiger partial charge >= 0.3 is 18.9 Å². The van der Waals surface area contributed by atoms with Crippen LogP contribution in [0.3, 0.4) is 0 Å². The summed E-state index contributed by atoms with van der Waals surface area (Å²) in [4.78, 5) is 4.36. The van der Waals surface area contributed by atoms with Gasteiger partial charge in [-0.3, -0.25) is 0 Å². The predicted molar refractivity (Wildman–Crippen MR) is 114 cm³/mol. The van der Waals surface area contributed by atoms with E-state index in [1.165, 1.54) is 22.3 Å². The molecule has 3 heteroatoms. The van der Waals surface area contributed by atoms with E-state index in [2.05, 4.69) is 65.2 Å². The molecule has 0 spiro atoms. The predicted octanol–water partition coefficient (Wildman–Crippen LogP) is 3.67. The van der Waals surface area contributed by atoms with Gasteiger partial charge in [0.1, 0.15) is 0 Å². The molecule has 2 nitrogen and oxygen atoms in total. The van der Waals surface area contributed by atoms with E-state index in [1.54, 1.807) is 0 Å². The Labute approximate surface area is 178 Å². The van der Waals surface area contributed by atoms with Crippen LogP contribution < -0.4 is 24.2 Å². The van der Waals surface area contributed by atoms with E-state index in [1.807, 2.05) is 60.7 Å². The fourth-order valence-electron chi connectivity index (χ4n) is 2.89. The van der Waals surface area contributed by atoms with Crippen LogP contribution >= 0.6 is 0 Å². The molecule has 0 aliphatic carbocycles. The molecule has 0 unspecified atom stereocenters. The maximum Gasteiger partial charge on any atom is 1.00 e. The van der Waals surface area contributed by atoms with Crippen molar-refractivity contribution in [3.8, 4) is 22.3 Å². The molecule has 0 aromatic heterocycles. The zero-order chi connectivity index (χ0) is 18.3. The van der Waals surface area contributed by atoms with Crippen LogP contribution in [-0.2, 0) is 0 Å². The van der Waals surface area contributed by atoms with Crippen LogP contribution in [0, 0.1) is 0 Å². The minimum Gasteiger partial charge on any atom is -0.452 e. The second-order valence-corrected chi connectivity index (χ2v) is 6.20. The van der Waals surface area contributed by atoms with Gasteiger partial charge in [-0.1, -0.05) is 115 Å². The number of rotatable bonds is 5. The molecule has 1 N–H and O–H groups in total. The Balaban J connectivity index is 0.00000225. The third kappa shape index (κ3) is 5.02. The van der Waals surface area contributed by atoms with Gasteiger partial charge in [0, 0.05) is 6.34 Å². The third-order valence-electron chi connectivity index (χ3n) is 4.35. The SMILES string of the molecule is [C-](=Nc1ccc(-c2ccccc2)cc1)Nc1ccc(-c2ccccc2)cc1.[Li+]. The van der Waals surface area contributed by atoms with Crippen LogP contribution in [0.1, 0.15) is 0 Å². The molecular weight excluding hydrogens is 335 g/mol. The molecule has 0 bridgehead atoms. The summed E-state index contributed by atoms with van der Waals surface area (Å²) in [7, 11) is 0. The van der Waals surface area contributed by atoms with Gasteiger partial charge in [-0.05, 0) is 27.9 Å². The van der Waals surface area contributed by atoms with Crippen LogP contribution in [-0.4, -0.2) is 6.34 Å². The summed E-state index contributed by atoms with van der Waals surface area (Å²) in [6.45, 7) is 0. The second-order valence-electron chi connectivity index (χ2n) is 6.20. The van der Waals surface area contributed by atoms with Crippen molar-refractivity contribution < 1.29 is 18.9 Å². The standard InChI is InChI=1S/C25H19N2.Li/c1-3-7-20(8-4-1)22-11-15-24(16-12-22)26-19-27-25-17-13-23(14-18-25)21-9-5-2-6-10-21;/h1-18H,(H,26,27);/q-1;+1. The maximum absolute atomic E-state index is 4.36. The Morgan fingerprint density at radius 1 is 0.500 bits per heavy atom. The number of benzene rings is 4. The number of hydrogen-bond donors (Lipinski definition) is 1. The van der Waals surface area contributed by atoms with Crippen molar-refractivity contribution in [1.82, 2.24) is 0 Å². The number of aliphatic imine (C=N–C) groups is 1. The third-order valence-corrected chi connectivity index (χ3v) is 4.35. The van der Waals surface area contributed by atoms with Crippen molar-refractivity contribution in [1.29, 1.82) is 0 Å². The Hall–Kier alpha value is -3.05. The number of nitrogens with one attached hydrogen (secondary N) is 1. The molecular formula is C25H19LiN2.